The lowest BCUT2D eigenvalue weighted by atomic mass is 10.1. The molecule has 13 heavy (non-hydrogen) atoms. The SMILES string of the molecule is CC(C)N1C(=O)C2CC2C1C(=O)O. The van der Waals surface area contributed by atoms with Crippen molar-refractivity contribution in [2.24, 2.45) is 11.8 Å². The highest BCUT2D eigenvalue weighted by Crippen LogP contribution is 2.51. The second-order valence-electron chi connectivity index (χ2n) is 4.13. The van der Waals surface area contributed by atoms with E-state index in [1.54, 1.807) is 0 Å². The zero-order valence-electron chi connectivity index (χ0n) is 7.73. The molecule has 1 aliphatic carbocycles. The van der Waals surface area contributed by atoms with Gasteiger partial charge in [0, 0.05) is 17.9 Å². The summed E-state index contributed by atoms with van der Waals surface area (Å²) >= 11 is 0. The topological polar surface area (TPSA) is 57.6 Å². The Labute approximate surface area is 76.5 Å². The molecule has 4 heteroatoms. The molecule has 3 atom stereocenters. The summed E-state index contributed by atoms with van der Waals surface area (Å²) in [5.74, 6) is -0.713. The number of amides is 1. The van der Waals surface area contributed by atoms with E-state index in [4.69, 9.17) is 5.11 Å². The molecule has 0 spiro atoms. The van der Waals surface area contributed by atoms with Gasteiger partial charge >= 0.3 is 5.97 Å². The Bertz CT molecular complexity index is 274. The molecule has 0 bridgehead atoms. The summed E-state index contributed by atoms with van der Waals surface area (Å²) in [7, 11) is 0. The van der Waals surface area contributed by atoms with Gasteiger partial charge in [-0.15, -0.1) is 0 Å². The number of likely N-dealkylation sites (tertiary alicyclic amines) is 1. The van der Waals surface area contributed by atoms with Crippen molar-refractivity contribution < 1.29 is 14.7 Å². The minimum atomic E-state index is -0.855. The number of hydrogen-bond acceptors (Lipinski definition) is 2. The van der Waals surface area contributed by atoms with Gasteiger partial charge in [-0.25, -0.2) is 4.79 Å². The Morgan fingerprint density at radius 3 is 2.62 bits per heavy atom. The molecule has 1 saturated heterocycles. The molecule has 1 N–H and O–H groups in total. The average Bonchev–Trinajstić information content (AvgIpc) is 2.71. The number of rotatable bonds is 2. The van der Waals surface area contributed by atoms with Crippen LogP contribution in [0.4, 0.5) is 0 Å². The fraction of sp³-hybridized carbons (Fsp3) is 0.778. The van der Waals surface area contributed by atoms with Crippen molar-refractivity contribution in [3.8, 4) is 0 Å². The summed E-state index contributed by atoms with van der Waals surface area (Å²) in [6.45, 7) is 3.72. The molecular weight excluding hydrogens is 170 g/mol. The quantitative estimate of drug-likeness (QED) is 0.671. The first-order valence-electron chi connectivity index (χ1n) is 4.59. The van der Waals surface area contributed by atoms with E-state index in [2.05, 4.69) is 0 Å². The Hall–Kier alpha value is -1.06. The van der Waals surface area contributed by atoms with Gasteiger partial charge in [-0.2, -0.15) is 0 Å². The molecule has 0 aromatic heterocycles. The van der Waals surface area contributed by atoms with E-state index in [1.165, 1.54) is 4.90 Å². The average molecular weight is 183 g/mol. The van der Waals surface area contributed by atoms with Gasteiger partial charge in [0.15, 0.2) is 0 Å². The normalized spacial score (nSPS) is 36.7. The number of fused-ring (bicyclic) bond motifs is 1. The summed E-state index contributed by atoms with van der Waals surface area (Å²) in [4.78, 5) is 24.0. The van der Waals surface area contributed by atoms with Crippen LogP contribution in [0.5, 0.6) is 0 Å². The molecule has 2 fully saturated rings. The van der Waals surface area contributed by atoms with Crippen molar-refractivity contribution >= 4 is 11.9 Å². The zero-order valence-corrected chi connectivity index (χ0v) is 7.73. The minimum absolute atomic E-state index is 0.00130. The van der Waals surface area contributed by atoms with Gasteiger partial charge in [0.2, 0.25) is 5.91 Å². The molecule has 1 aliphatic heterocycles. The first-order chi connectivity index (χ1) is 6.04. The third kappa shape index (κ3) is 1.04. The monoisotopic (exact) mass is 183 g/mol. The molecule has 1 saturated carbocycles. The van der Waals surface area contributed by atoms with Crippen LogP contribution in [0.3, 0.4) is 0 Å². The number of aliphatic carboxylic acids is 1. The van der Waals surface area contributed by atoms with Gasteiger partial charge < -0.3 is 10.0 Å². The lowest BCUT2D eigenvalue weighted by molar-refractivity contribution is -0.149. The van der Waals surface area contributed by atoms with Crippen LogP contribution in [0.2, 0.25) is 0 Å². The van der Waals surface area contributed by atoms with E-state index < -0.39 is 12.0 Å². The Morgan fingerprint density at radius 2 is 2.23 bits per heavy atom. The van der Waals surface area contributed by atoms with Crippen LogP contribution in [0.1, 0.15) is 20.3 Å². The van der Waals surface area contributed by atoms with Crippen LogP contribution >= 0.6 is 0 Å². The molecule has 0 radical (unpaired) electrons. The smallest absolute Gasteiger partial charge is 0.326 e. The van der Waals surface area contributed by atoms with Crippen LogP contribution in [0.25, 0.3) is 0 Å². The lowest BCUT2D eigenvalue weighted by Crippen LogP contribution is -2.45. The van der Waals surface area contributed by atoms with Gasteiger partial charge in [0.25, 0.3) is 0 Å². The first kappa shape index (κ1) is 8.53. The highest BCUT2D eigenvalue weighted by Gasteiger charge is 2.61. The van der Waals surface area contributed by atoms with E-state index in [0.717, 1.165) is 6.42 Å². The molecule has 1 heterocycles. The number of piperidine rings is 1. The van der Waals surface area contributed by atoms with E-state index in [1.807, 2.05) is 13.8 Å². The molecule has 0 aromatic carbocycles. The van der Waals surface area contributed by atoms with Crippen LogP contribution < -0.4 is 0 Å². The van der Waals surface area contributed by atoms with E-state index >= 15 is 0 Å². The lowest BCUT2D eigenvalue weighted by Gasteiger charge is -2.28. The number of carboxylic acids is 1. The van der Waals surface area contributed by atoms with Crippen molar-refractivity contribution in [1.29, 1.82) is 0 Å². The van der Waals surface area contributed by atoms with Gasteiger partial charge in [-0.1, -0.05) is 0 Å². The maximum absolute atomic E-state index is 11.6. The van der Waals surface area contributed by atoms with Crippen molar-refractivity contribution in [3.63, 3.8) is 0 Å². The molecule has 1 amide bonds. The maximum Gasteiger partial charge on any atom is 0.326 e. The van der Waals surface area contributed by atoms with Crippen molar-refractivity contribution in [2.45, 2.75) is 32.4 Å². The molecule has 4 nitrogen and oxygen atoms in total. The Morgan fingerprint density at radius 1 is 1.62 bits per heavy atom. The molecule has 0 aromatic rings. The fourth-order valence-electron chi connectivity index (χ4n) is 2.26. The predicted octanol–water partition coefficient (Wildman–Crippen LogP) is 0.326. The molecule has 72 valence electrons. The number of carboxylic acid groups (broad SMARTS) is 1. The third-order valence-corrected chi connectivity index (χ3v) is 2.93. The molecular formula is C9H13NO3. The number of hydrogen-bond donors (Lipinski definition) is 1. The van der Waals surface area contributed by atoms with Crippen LogP contribution in [-0.2, 0) is 9.59 Å². The van der Waals surface area contributed by atoms with Gasteiger partial charge in [0.05, 0.1) is 0 Å². The van der Waals surface area contributed by atoms with Crippen molar-refractivity contribution in [3.05, 3.63) is 0 Å². The van der Waals surface area contributed by atoms with Gasteiger partial charge in [-0.3, -0.25) is 4.79 Å². The van der Waals surface area contributed by atoms with Gasteiger partial charge in [0.1, 0.15) is 6.04 Å². The number of nitrogens with zero attached hydrogens (tertiary/aromatic N) is 1. The fourth-order valence-corrected chi connectivity index (χ4v) is 2.26. The van der Waals surface area contributed by atoms with Crippen molar-refractivity contribution in [2.75, 3.05) is 0 Å². The maximum atomic E-state index is 11.6. The summed E-state index contributed by atoms with van der Waals surface area (Å²) in [6.07, 6.45) is 0.777. The van der Waals surface area contributed by atoms with E-state index in [9.17, 15) is 9.59 Å². The summed E-state index contributed by atoms with van der Waals surface area (Å²) < 4.78 is 0. The zero-order chi connectivity index (χ0) is 9.75. The first-order valence-corrected chi connectivity index (χ1v) is 4.59. The largest absolute Gasteiger partial charge is 0.480 e. The standard InChI is InChI=1S/C9H13NO3/c1-4(2)10-7(9(12)13)5-3-6(5)8(10)11/h4-7H,3H2,1-2H3,(H,12,13). The van der Waals surface area contributed by atoms with Crippen LogP contribution in [-0.4, -0.2) is 34.0 Å². The van der Waals surface area contributed by atoms with Crippen molar-refractivity contribution in [1.82, 2.24) is 4.90 Å². The molecule has 2 rings (SSSR count). The van der Waals surface area contributed by atoms with Crippen LogP contribution in [0, 0.1) is 11.8 Å². The Kier molecular flexibility index (Phi) is 1.62. The van der Waals surface area contributed by atoms with E-state index in [0.29, 0.717) is 0 Å². The third-order valence-electron chi connectivity index (χ3n) is 2.93. The van der Waals surface area contributed by atoms with Crippen LogP contribution in [0.15, 0.2) is 0 Å². The number of carbonyl (C=O) groups excluding carboxylic acids is 1. The Balaban J connectivity index is 2.24. The van der Waals surface area contributed by atoms with Gasteiger partial charge in [-0.05, 0) is 20.3 Å². The highest BCUT2D eigenvalue weighted by atomic mass is 16.4. The summed E-state index contributed by atoms with van der Waals surface area (Å²) in [5, 5.41) is 8.95. The van der Waals surface area contributed by atoms with E-state index in [-0.39, 0.29) is 23.8 Å². The molecule has 3 unspecified atom stereocenters. The predicted molar refractivity (Wildman–Crippen MR) is 45.0 cm³/mol. The molecule has 2 aliphatic rings. The highest BCUT2D eigenvalue weighted by molar-refractivity contribution is 5.93. The summed E-state index contributed by atoms with van der Waals surface area (Å²) in [5.41, 5.74) is 0. The number of carbonyl (C=O) groups is 2. The minimum Gasteiger partial charge on any atom is -0.480 e. The summed E-state index contributed by atoms with van der Waals surface area (Å²) in [6, 6.07) is -0.557. The second kappa shape index (κ2) is 2.47. The second-order valence-corrected chi connectivity index (χ2v) is 4.13.